The van der Waals surface area contributed by atoms with Gasteiger partial charge in [0, 0.05) is 44.2 Å². The molecule has 6 nitrogen and oxygen atoms in total. The molecule has 2 aliphatic heterocycles. The largest absolute Gasteiger partial charge is 0.395 e. The summed E-state index contributed by atoms with van der Waals surface area (Å²) in [5.74, 6) is 0.385. The smallest absolute Gasteiger partial charge is 0.236 e. The molecular weight excluding hydrogens is 354 g/mol. The van der Waals surface area contributed by atoms with Crippen molar-refractivity contribution in [2.75, 3.05) is 52.5 Å². The number of nitrogens with one attached hydrogen (secondary N) is 1. The van der Waals surface area contributed by atoms with E-state index in [9.17, 15) is 9.90 Å². The third-order valence-corrected chi connectivity index (χ3v) is 5.79. The Balaban J connectivity index is 1.62. The number of allylic oxidation sites excluding steroid dienone is 1. The molecule has 0 saturated carbocycles. The van der Waals surface area contributed by atoms with Crippen LogP contribution < -0.4 is 5.32 Å². The van der Waals surface area contributed by atoms with Crippen LogP contribution in [0.5, 0.6) is 0 Å². The summed E-state index contributed by atoms with van der Waals surface area (Å²) >= 11 is 0. The van der Waals surface area contributed by atoms with E-state index in [1.165, 1.54) is 11.1 Å². The van der Waals surface area contributed by atoms with E-state index in [0.717, 1.165) is 13.1 Å². The summed E-state index contributed by atoms with van der Waals surface area (Å²) in [6.07, 6.45) is 4.10. The van der Waals surface area contributed by atoms with Gasteiger partial charge >= 0.3 is 0 Å². The topological polar surface area (TPSA) is 65.0 Å². The molecule has 1 aromatic rings. The highest BCUT2D eigenvalue weighted by Gasteiger charge is 2.42. The average molecular weight is 388 g/mol. The molecule has 3 rings (SSSR count). The van der Waals surface area contributed by atoms with Crippen LogP contribution in [-0.4, -0.2) is 85.4 Å². The fourth-order valence-electron chi connectivity index (χ4n) is 4.16. The Labute approximate surface area is 168 Å². The third kappa shape index (κ3) is 5.00. The minimum absolute atomic E-state index is 0.0469. The summed E-state index contributed by atoms with van der Waals surface area (Å²) in [6.45, 7) is 8.99. The molecule has 1 aromatic carbocycles. The van der Waals surface area contributed by atoms with Crippen LogP contribution >= 0.6 is 0 Å². The van der Waals surface area contributed by atoms with Crippen LogP contribution in [0.25, 0.3) is 6.08 Å². The zero-order valence-electron chi connectivity index (χ0n) is 17.0. The maximum absolute atomic E-state index is 12.8. The van der Waals surface area contributed by atoms with Gasteiger partial charge in [-0.05, 0) is 25.0 Å². The predicted molar refractivity (Wildman–Crippen MR) is 111 cm³/mol. The Bertz CT molecular complexity index is 655. The summed E-state index contributed by atoms with van der Waals surface area (Å²) in [4.78, 5) is 16.9. The van der Waals surface area contributed by atoms with E-state index < -0.39 is 0 Å². The van der Waals surface area contributed by atoms with Crippen molar-refractivity contribution in [3.05, 3.63) is 41.5 Å². The lowest BCUT2D eigenvalue weighted by Gasteiger charge is -2.47. The molecule has 6 heteroatoms. The van der Waals surface area contributed by atoms with Gasteiger partial charge in [-0.25, -0.2) is 0 Å². The van der Waals surface area contributed by atoms with E-state index in [0.29, 0.717) is 32.8 Å². The summed E-state index contributed by atoms with van der Waals surface area (Å²) in [6, 6.07) is 8.72. The summed E-state index contributed by atoms with van der Waals surface area (Å²) in [5.41, 5.74) is 2.39. The van der Waals surface area contributed by atoms with Gasteiger partial charge in [-0.1, -0.05) is 36.4 Å². The second-order valence-electron chi connectivity index (χ2n) is 7.58. The first kappa shape index (κ1) is 21.0. The molecule has 1 amide bonds. The lowest BCUT2D eigenvalue weighted by atomic mass is 9.77. The zero-order chi connectivity index (χ0) is 19.9. The van der Waals surface area contributed by atoms with E-state index >= 15 is 0 Å². The molecule has 0 aliphatic carbocycles. The van der Waals surface area contributed by atoms with Crippen LogP contribution in [0.3, 0.4) is 0 Å². The number of amides is 1. The summed E-state index contributed by atoms with van der Waals surface area (Å²) in [5, 5.41) is 13.2. The van der Waals surface area contributed by atoms with Gasteiger partial charge in [0.25, 0.3) is 0 Å². The van der Waals surface area contributed by atoms with Gasteiger partial charge in [-0.3, -0.25) is 9.69 Å². The lowest BCUT2D eigenvalue weighted by Crippen LogP contribution is -2.65. The van der Waals surface area contributed by atoms with Crippen LogP contribution in [-0.2, 0) is 9.53 Å². The fraction of sp³-hybridized carbons (Fsp3) is 0.591. The molecule has 2 saturated heterocycles. The molecule has 0 spiro atoms. The number of aliphatic hydroxyl groups excluding tert-OH is 1. The van der Waals surface area contributed by atoms with Crippen LogP contribution in [0, 0.1) is 0 Å². The number of likely N-dealkylation sites (N-methyl/N-ethyl adjacent to an activating group) is 1. The molecule has 154 valence electrons. The number of carbonyl (C=O) groups excluding carboxylic acids is 1. The standard InChI is InChI=1S/C22H33N3O3/c1-3-5-17-6-8-18(9-7-17)22-19(23-20(22)16-26)14-25(4-2)21(27)15-24-10-12-28-13-11-24/h3,5-9,19-20,22-23,26H,4,10-16H2,1-2H3/t19-,20-,22+/m1/s1. The van der Waals surface area contributed by atoms with Crippen molar-refractivity contribution in [2.45, 2.75) is 31.8 Å². The molecule has 2 heterocycles. The normalized spacial score (nSPS) is 25.6. The molecule has 2 aliphatic rings. The van der Waals surface area contributed by atoms with E-state index in [1.54, 1.807) is 0 Å². The Hall–Kier alpha value is -1.73. The highest BCUT2D eigenvalue weighted by atomic mass is 16.5. The van der Waals surface area contributed by atoms with Crippen molar-refractivity contribution >= 4 is 12.0 Å². The van der Waals surface area contributed by atoms with Crippen LogP contribution in [0.1, 0.15) is 30.9 Å². The van der Waals surface area contributed by atoms with Crippen molar-refractivity contribution in [1.29, 1.82) is 0 Å². The molecule has 0 unspecified atom stereocenters. The molecule has 3 atom stereocenters. The highest BCUT2D eigenvalue weighted by molar-refractivity contribution is 5.78. The van der Waals surface area contributed by atoms with Crippen LogP contribution in [0.15, 0.2) is 30.3 Å². The van der Waals surface area contributed by atoms with Gasteiger partial charge in [-0.15, -0.1) is 0 Å². The summed E-state index contributed by atoms with van der Waals surface area (Å²) in [7, 11) is 0. The maximum Gasteiger partial charge on any atom is 0.236 e. The SMILES string of the molecule is CC=Cc1ccc([C@@H]2[C@@H](CO)N[C@@H]2CN(CC)C(=O)CN2CCOCC2)cc1. The number of morpholine rings is 1. The number of benzene rings is 1. The Morgan fingerprint density at radius 3 is 2.61 bits per heavy atom. The highest BCUT2D eigenvalue weighted by Crippen LogP contribution is 2.33. The van der Waals surface area contributed by atoms with E-state index in [1.807, 2.05) is 24.8 Å². The van der Waals surface area contributed by atoms with Crippen molar-refractivity contribution in [1.82, 2.24) is 15.1 Å². The lowest BCUT2D eigenvalue weighted by molar-refractivity contribution is -0.134. The number of rotatable bonds is 8. The molecule has 0 radical (unpaired) electrons. The minimum atomic E-state index is 0.0469. The number of carbonyl (C=O) groups is 1. The number of hydrogen-bond acceptors (Lipinski definition) is 5. The van der Waals surface area contributed by atoms with Gasteiger partial charge in [0.2, 0.25) is 5.91 Å². The van der Waals surface area contributed by atoms with Crippen LogP contribution in [0.2, 0.25) is 0 Å². The molecule has 0 bridgehead atoms. The molecule has 2 fully saturated rings. The molecular formula is C22H33N3O3. The fourth-order valence-corrected chi connectivity index (χ4v) is 4.16. The molecule has 28 heavy (non-hydrogen) atoms. The zero-order valence-corrected chi connectivity index (χ0v) is 17.0. The monoisotopic (exact) mass is 387 g/mol. The van der Waals surface area contributed by atoms with Gasteiger partial charge in [-0.2, -0.15) is 0 Å². The van der Waals surface area contributed by atoms with Crippen LogP contribution in [0.4, 0.5) is 0 Å². The van der Waals surface area contributed by atoms with E-state index in [4.69, 9.17) is 4.74 Å². The second-order valence-corrected chi connectivity index (χ2v) is 7.58. The first-order valence-corrected chi connectivity index (χ1v) is 10.3. The minimum Gasteiger partial charge on any atom is -0.395 e. The Morgan fingerprint density at radius 1 is 1.29 bits per heavy atom. The maximum atomic E-state index is 12.8. The number of hydrogen-bond donors (Lipinski definition) is 2. The number of aliphatic hydroxyl groups is 1. The quantitative estimate of drug-likeness (QED) is 0.704. The van der Waals surface area contributed by atoms with Gasteiger partial charge < -0.3 is 20.1 Å². The molecule has 0 aromatic heterocycles. The van der Waals surface area contributed by atoms with Gasteiger partial charge in [0.05, 0.1) is 26.4 Å². The van der Waals surface area contributed by atoms with E-state index in [-0.39, 0.29) is 30.5 Å². The van der Waals surface area contributed by atoms with E-state index in [2.05, 4.69) is 40.6 Å². The van der Waals surface area contributed by atoms with Crippen molar-refractivity contribution in [3.63, 3.8) is 0 Å². The number of ether oxygens (including phenoxy) is 1. The third-order valence-electron chi connectivity index (χ3n) is 5.79. The number of nitrogens with zero attached hydrogens (tertiary/aromatic N) is 2. The Morgan fingerprint density at radius 2 is 2.00 bits per heavy atom. The van der Waals surface area contributed by atoms with Gasteiger partial charge in [0.1, 0.15) is 0 Å². The van der Waals surface area contributed by atoms with Crippen molar-refractivity contribution < 1.29 is 14.6 Å². The average Bonchev–Trinajstić information content (AvgIpc) is 2.70. The first-order valence-electron chi connectivity index (χ1n) is 10.3. The first-order chi connectivity index (χ1) is 13.7. The summed E-state index contributed by atoms with van der Waals surface area (Å²) < 4.78 is 5.37. The Kier molecular flexibility index (Phi) is 7.62. The predicted octanol–water partition coefficient (Wildman–Crippen LogP) is 1.32. The van der Waals surface area contributed by atoms with Crippen molar-refractivity contribution in [3.8, 4) is 0 Å². The van der Waals surface area contributed by atoms with Gasteiger partial charge in [0.15, 0.2) is 0 Å². The second kappa shape index (κ2) is 10.2. The molecule has 2 N–H and O–H groups in total. The van der Waals surface area contributed by atoms with Crippen molar-refractivity contribution in [2.24, 2.45) is 0 Å².